The van der Waals surface area contributed by atoms with Gasteiger partial charge in [0.2, 0.25) is 17.6 Å². The first-order valence-corrected chi connectivity index (χ1v) is 15.8. The van der Waals surface area contributed by atoms with E-state index in [1.54, 1.807) is 18.2 Å². The minimum absolute atomic E-state index is 0.106. The quantitative estimate of drug-likeness (QED) is 0.373. The van der Waals surface area contributed by atoms with Crippen molar-refractivity contribution in [2.45, 2.75) is 95.2 Å². The Morgan fingerprint density at radius 3 is 2.40 bits per heavy atom. The fourth-order valence-electron chi connectivity index (χ4n) is 7.20. The third-order valence-electron chi connectivity index (χ3n) is 9.54. The molecule has 1 aromatic rings. The molecule has 226 valence electrons. The van der Waals surface area contributed by atoms with Gasteiger partial charge < -0.3 is 30.7 Å². The van der Waals surface area contributed by atoms with Gasteiger partial charge >= 0.3 is 0 Å². The van der Waals surface area contributed by atoms with Crippen LogP contribution in [0.3, 0.4) is 0 Å². The van der Waals surface area contributed by atoms with E-state index >= 15 is 0 Å². The van der Waals surface area contributed by atoms with Crippen LogP contribution in [0.25, 0.3) is 0 Å². The Balaban J connectivity index is 1.19. The van der Waals surface area contributed by atoms with Crippen LogP contribution in [-0.2, 0) is 14.4 Å². The van der Waals surface area contributed by atoms with Gasteiger partial charge in [-0.25, -0.2) is 0 Å². The number of amides is 3. The molecule has 10 nitrogen and oxygen atoms in total. The molecule has 2 aliphatic heterocycles. The fraction of sp³-hybridized carbons (Fsp3) is 0.625. The second-order valence-corrected chi connectivity index (χ2v) is 12.4. The van der Waals surface area contributed by atoms with Crippen molar-refractivity contribution in [1.82, 2.24) is 21.3 Å². The first-order chi connectivity index (χ1) is 20.5. The average Bonchev–Trinajstić information content (AvgIpc) is 3.39. The van der Waals surface area contributed by atoms with Gasteiger partial charge in [0.05, 0.1) is 17.7 Å². The predicted octanol–water partition coefficient (Wildman–Crippen LogP) is 2.91. The normalized spacial score (nSPS) is 25.3. The lowest BCUT2D eigenvalue weighted by atomic mass is 9.82. The minimum Gasteiger partial charge on any atom is -0.486 e. The summed E-state index contributed by atoms with van der Waals surface area (Å²) in [5, 5.41) is 12.3. The maximum Gasteiger partial charge on any atom is 0.252 e. The molecule has 3 aliphatic carbocycles. The van der Waals surface area contributed by atoms with E-state index in [2.05, 4.69) is 21.3 Å². The summed E-state index contributed by atoms with van der Waals surface area (Å²) >= 11 is 0. The lowest BCUT2D eigenvalue weighted by molar-refractivity contribution is -0.129. The molecule has 0 bridgehead atoms. The van der Waals surface area contributed by atoms with Gasteiger partial charge in [0.15, 0.2) is 11.5 Å². The molecule has 0 spiro atoms. The van der Waals surface area contributed by atoms with Gasteiger partial charge in [0.1, 0.15) is 19.3 Å². The van der Waals surface area contributed by atoms with Crippen LogP contribution in [0.2, 0.25) is 0 Å². The maximum absolute atomic E-state index is 13.8. The molecule has 0 radical (unpaired) electrons. The molecule has 0 aromatic heterocycles. The molecule has 10 heteroatoms. The molecule has 2 saturated carbocycles. The third-order valence-corrected chi connectivity index (χ3v) is 9.54. The Bertz CT molecular complexity index is 1250. The predicted molar refractivity (Wildman–Crippen MR) is 155 cm³/mol. The van der Waals surface area contributed by atoms with Crippen LogP contribution in [0.15, 0.2) is 29.5 Å². The second kappa shape index (κ2) is 12.8. The van der Waals surface area contributed by atoms with E-state index in [0.717, 1.165) is 56.9 Å². The van der Waals surface area contributed by atoms with Gasteiger partial charge in [0, 0.05) is 18.2 Å². The number of hydrogen-bond acceptors (Lipinski definition) is 7. The standard InChI is InChI=1S/C32H42N4O6/c37-29-24(17-22-23(18-33-31(22)39)28(29)34-21-9-5-2-6-10-21)35-32(40)25(15-19-7-3-1-4-8-19)36-30(38)20-11-12-26-27(16-20)42-14-13-41-26/h11-12,16,19,21-22,24-25,34H,1-10,13-15,17-18H2,(H,33,39)(H,35,40)(H,36,38)/t22-,24+,25+/m1/s1. The number of carbonyl (C=O) groups excluding carboxylic acids is 4. The summed E-state index contributed by atoms with van der Waals surface area (Å²) in [5.41, 5.74) is 1.68. The highest BCUT2D eigenvalue weighted by molar-refractivity contribution is 6.06. The van der Waals surface area contributed by atoms with Gasteiger partial charge in [-0.3, -0.25) is 19.2 Å². The van der Waals surface area contributed by atoms with Gasteiger partial charge in [-0.1, -0.05) is 51.4 Å². The highest BCUT2D eigenvalue weighted by atomic mass is 16.6. The van der Waals surface area contributed by atoms with Crippen LogP contribution in [0.5, 0.6) is 11.5 Å². The highest BCUT2D eigenvalue weighted by Crippen LogP contribution is 2.34. The van der Waals surface area contributed by atoms with Crippen molar-refractivity contribution in [3.63, 3.8) is 0 Å². The molecule has 4 N–H and O–H groups in total. The molecular weight excluding hydrogens is 536 g/mol. The number of rotatable bonds is 8. The molecule has 1 saturated heterocycles. The lowest BCUT2D eigenvalue weighted by Gasteiger charge is -2.33. The summed E-state index contributed by atoms with van der Waals surface area (Å²) in [6.07, 6.45) is 11.5. The van der Waals surface area contributed by atoms with E-state index in [4.69, 9.17) is 9.47 Å². The number of ether oxygens (including phenoxy) is 2. The van der Waals surface area contributed by atoms with Crippen LogP contribution in [0.1, 0.15) is 87.4 Å². The molecule has 6 rings (SSSR count). The van der Waals surface area contributed by atoms with Crippen LogP contribution in [0.4, 0.5) is 0 Å². The van der Waals surface area contributed by atoms with Crippen molar-refractivity contribution < 1.29 is 28.7 Å². The Labute approximate surface area is 246 Å². The van der Waals surface area contributed by atoms with Crippen molar-refractivity contribution in [2.75, 3.05) is 19.8 Å². The average molecular weight is 579 g/mol. The number of carbonyl (C=O) groups is 4. The lowest BCUT2D eigenvalue weighted by Crippen LogP contribution is -2.55. The molecule has 1 aromatic carbocycles. The molecule has 2 heterocycles. The largest absolute Gasteiger partial charge is 0.486 e. The molecule has 5 aliphatic rings. The maximum atomic E-state index is 13.8. The molecule has 3 amide bonds. The summed E-state index contributed by atoms with van der Waals surface area (Å²) in [6, 6.07) is 3.56. The number of benzene rings is 1. The van der Waals surface area contributed by atoms with Crippen molar-refractivity contribution in [1.29, 1.82) is 0 Å². The number of nitrogens with one attached hydrogen (secondary N) is 4. The zero-order valence-corrected chi connectivity index (χ0v) is 24.2. The van der Waals surface area contributed by atoms with Crippen molar-refractivity contribution in [3.8, 4) is 11.5 Å². The van der Waals surface area contributed by atoms with Gasteiger partial charge in [-0.15, -0.1) is 0 Å². The van der Waals surface area contributed by atoms with Crippen molar-refractivity contribution >= 4 is 23.5 Å². The second-order valence-electron chi connectivity index (χ2n) is 12.4. The number of Topliss-reactive ketones (excluding diaryl/α,β-unsaturated/α-hetero) is 1. The minimum atomic E-state index is -0.832. The summed E-state index contributed by atoms with van der Waals surface area (Å²) in [6.45, 7) is 1.23. The summed E-state index contributed by atoms with van der Waals surface area (Å²) < 4.78 is 11.2. The number of ketones is 1. The van der Waals surface area contributed by atoms with Crippen LogP contribution >= 0.6 is 0 Å². The topological polar surface area (TPSA) is 135 Å². The zero-order valence-electron chi connectivity index (χ0n) is 24.2. The Hall–Kier alpha value is -3.56. The molecule has 3 atom stereocenters. The molecule has 42 heavy (non-hydrogen) atoms. The number of fused-ring (bicyclic) bond motifs is 2. The van der Waals surface area contributed by atoms with E-state index in [0.29, 0.717) is 54.9 Å². The Kier molecular flexibility index (Phi) is 8.67. The molecular formula is C32H42N4O6. The smallest absolute Gasteiger partial charge is 0.252 e. The highest BCUT2D eigenvalue weighted by Gasteiger charge is 2.44. The summed E-state index contributed by atoms with van der Waals surface area (Å²) in [5.74, 6) is -0.0808. The zero-order chi connectivity index (χ0) is 29.1. The third kappa shape index (κ3) is 6.27. The van der Waals surface area contributed by atoms with Gasteiger partial charge in [-0.2, -0.15) is 0 Å². The van der Waals surface area contributed by atoms with Crippen LogP contribution < -0.4 is 30.7 Å². The van der Waals surface area contributed by atoms with Gasteiger partial charge in [-0.05, 0) is 55.4 Å². The Morgan fingerprint density at radius 1 is 0.929 bits per heavy atom. The van der Waals surface area contributed by atoms with Crippen molar-refractivity contribution in [2.24, 2.45) is 11.8 Å². The first kappa shape index (κ1) is 28.6. The molecule has 0 unspecified atom stereocenters. The SMILES string of the molecule is O=C(N[C@@H](CC1CCCCC1)C(=O)N[C@H]1C[C@H]2C(=O)NCC2=C(NC2CCCCC2)C1=O)c1ccc2c(c1)OCCO2. The van der Waals surface area contributed by atoms with Crippen LogP contribution in [-0.4, -0.2) is 61.4 Å². The Morgan fingerprint density at radius 2 is 1.64 bits per heavy atom. The van der Waals surface area contributed by atoms with Gasteiger partial charge in [0.25, 0.3) is 5.91 Å². The van der Waals surface area contributed by atoms with E-state index in [1.807, 2.05) is 0 Å². The monoisotopic (exact) mass is 578 g/mol. The van der Waals surface area contributed by atoms with Crippen LogP contribution in [0, 0.1) is 11.8 Å². The number of hydrogen-bond donors (Lipinski definition) is 4. The van der Waals surface area contributed by atoms with E-state index in [-0.39, 0.29) is 36.0 Å². The summed E-state index contributed by atoms with van der Waals surface area (Å²) in [7, 11) is 0. The fourth-order valence-corrected chi connectivity index (χ4v) is 7.20. The van der Waals surface area contributed by atoms with E-state index < -0.39 is 18.0 Å². The molecule has 3 fully saturated rings. The van der Waals surface area contributed by atoms with E-state index in [9.17, 15) is 19.2 Å². The van der Waals surface area contributed by atoms with Crippen molar-refractivity contribution in [3.05, 3.63) is 35.0 Å². The summed E-state index contributed by atoms with van der Waals surface area (Å²) in [4.78, 5) is 53.7. The van der Waals surface area contributed by atoms with E-state index in [1.165, 1.54) is 12.8 Å². The first-order valence-electron chi connectivity index (χ1n) is 15.8.